The number of hydrogen-bond donors (Lipinski definition) is 2. The Hall–Kier alpha value is -2.42. The minimum Gasteiger partial charge on any atom is -0.317 e. The fourth-order valence-corrected chi connectivity index (χ4v) is 2.10. The first-order chi connectivity index (χ1) is 9.83. The lowest BCUT2D eigenvalue weighted by molar-refractivity contribution is 0.102. The molecule has 20 heavy (non-hydrogen) atoms. The molecule has 0 aliphatic carbocycles. The van der Waals surface area contributed by atoms with Crippen molar-refractivity contribution in [1.82, 2.24) is 35.5 Å². The lowest BCUT2D eigenvalue weighted by Crippen LogP contribution is -2.29. The Kier molecular flexibility index (Phi) is 3.59. The van der Waals surface area contributed by atoms with Gasteiger partial charge in [-0.2, -0.15) is 5.10 Å². The number of nitrogens with one attached hydrogen (secondary N) is 2. The van der Waals surface area contributed by atoms with Gasteiger partial charge in [0, 0.05) is 0 Å². The SMILES string of the molecule is O=C(Nc1nccnn1)c1cn(C2CCNCC2)nn1. The van der Waals surface area contributed by atoms with Gasteiger partial charge >= 0.3 is 0 Å². The number of piperidine rings is 1. The first-order valence-electron chi connectivity index (χ1n) is 6.40. The van der Waals surface area contributed by atoms with Crippen LogP contribution in [0.2, 0.25) is 0 Å². The Bertz CT molecular complexity index is 577. The summed E-state index contributed by atoms with van der Waals surface area (Å²) in [6.07, 6.45) is 6.51. The summed E-state index contributed by atoms with van der Waals surface area (Å²) in [5.41, 5.74) is 0.246. The van der Waals surface area contributed by atoms with Gasteiger partial charge in [0.15, 0.2) is 5.69 Å². The zero-order valence-electron chi connectivity index (χ0n) is 10.7. The van der Waals surface area contributed by atoms with Crippen molar-refractivity contribution in [1.29, 1.82) is 0 Å². The molecule has 3 heterocycles. The molecule has 3 rings (SSSR count). The summed E-state index contributed by atoms with van der Waals surface area (Å²) in [5.74, 6) is -0.243. The van der Waals surface area contributed by atoms with E-state index in [1.54, 1.807) is 10.9 Å². The molecule has 1 aliphatic heterocycles. The second kappa shape index (κ2) is 5.70. The third-order valence-corrected chi connectivity index (χ3v) is 3.13. The molecule has 1 amide bonds. The molecule has 0 atom stereocenters. The van der Waals surface area contributed by atoms with Crippen molar-refractivity contribution in [3.8, 4) is 0 Å². The van der Waals surface area contributed by atoms with Crippen LogP contribution in [0.3, 0.4) is 0 Å². The monoisotopic (exact) mass is 274 g/mol. The summed E-state index contributed by atoms with van der Waals surface area (Å²) in [7, 11) is 0. The third kappa shape index (κ3) is 2.77. The Morgan fingerprint density at radius 1 is 1.30 bits per heavy atom. The predicted molar refractivity (Wildman–Crippen MR) is 68.9 cm³/mol. The first kappa shape index (κ1) is 12.6. The van der Waals surface area contributed by atoms with E-state index < -0.39 is 5.91 Å². The van der Waals surface area contributed by atoms with E-state index in [9.17, 15) is 4.79 Å². The average Bonchev–Trinajstić information content (AvgIpc) is 2.99. The maximum absolute atomic E-state index is 12.0. The molecule has 0 aromatic carbocycles. The minimum absolute atomic E-state index is 0.147. The zero-order valence-corrected chi connectivity index (χ0v) is 10.7. The van der Waals surface area contributed by atoms with Crippen LogP contribution in [0, 0.1) is 0 Å². The normalized spacial score (nSPS) is 16.0. The Morgan fingerprint density at radius 2 is 2.15 bits per heavy atom. The van der Waals surface area contributed by atoms with Gasteiger partial charge in [-0.1, -0.05) is 5.21 Å². The number of anilines is 1. The van der Waals surface area contributed by atoms with Crippen molar-refractivity contribution < 1.29 is 4.79 Å². The van der Waals surface area contributed by atoms with Crippen LogP contribution < -0.4 is 10.6 Å². The van der Waals surface area contributed by atoms with Gasteiger partial charge in [0.05, 0.1) is 24.6 Å². The molecule has 1 aliphatic rings. The van der Waals surface area contributed by atoms with Gasteiger partial charge in [-0.15, -0.1) is 10.2 Å². The van der Waals surface area contributed by atoms with E-state index in [-0.39, 0.29) is 11.6 Å². The first-order valence-corrected chi connectivity index (χ1v) is 6.40. The number of rotatable bonds is 3. The van der Waals surface area contributed by atoms with Gasteiger partial charge in [0.2, 0.25) is 5.95 Å². The van der Waals surface area contributed by atoms with Gasteiger partial charge in [-0.3, -0.25) is 10.1 Å². The summed E-state index contributed by atoms with van der Waals surface area (Å²) in [5, 5.41) is 21.0. The third-order valence-electron chi connectivity index (χ3n) is 3.13. The van der Waals surface area contributed by atoms with Crippen LogP contribution in [0.5, 0.6) is 0 Å². The largest absolute Gasteiger partial charge is 0.317 e. The molecular weight excluding hydrogens is 260 g/mol. The smallest absolute Gasteiger partial charge is 0.280 e. The van der Waals surface area contributed by atoms with Gasteiger partial charge < -0.3 is 5.32 Å². The van der Waals surface area contributed by atoms with Gasteiger partial charge in [-0.25, -0.2) is 9.67 Å². The summed E-state index contributed by atoms with van der Waals surface area (Å²) in [6.45, 7) is 1.91. The molecule has 0 spiro atoms. The minimum atomic E-state index is -0.391. The highest BCUT2D eigenvalue weighted by Crippen LogP contribution is 2.17. The molecule has 0 bridgehead atoms. The topological polar surface area (TPSA) is 111 Å². The fourth-order valence-electron chi connectivity index (χ4n) is 2.10. The molecular formula is C11H14N8O. The molecule has 0 unspecified atom stereocenters. The Balaban J connectivity index is 1.68. The number of hydrogen-bond acceptors (Lipinski definition) is 7. The average molecular weight is 274 g/mol. The van der Waals surface area contributed by atoms with Gasteiger partial charge in [-0.05, 0) is 25.9 Å². The van der Waals surface area contributed by atoms with Crippen LogP contribution in [-0.4, -0.2) is 49.2 Å². The van der Waals surface area contributed by atoms with E-state index >= 15 is 0 Å². The van der Waals surface area contributed by atoms with Gasteiger partial charge in [0.25, 0.3) is 5.91 Å². The maximum Gasteiger partial charge on any atom is 0.280 e. The quantitative estimate of drug-likeness (QED) is 0.786. The van der Waals surface area contributed by atoms with Crippen molar-refractivity contribution in [3.63, 3.8) is 0 Å². The summed E-state index contributed by atoms with van der Waals surface area (Å²) in [4.78, 5) is 15.8. The molecule has 1 fully saturated rings. The number of aromatic nitrogens is 6. The Labute approximate surface area is 114 Å². The van der Waals surface area contributed by atoms with Crippen LogP contribution in [0.1, 0.15) is 29.4 Å². The number of carbonyl (C=O) groups excluding carboxylic acids is 1. The van der Waals surface area contributed by atoms with E-state index in [0.29, 0.717) is 6.04 Å². The Morgan fingerprint density at radius 3 is 2.90 bits per heavy atom. The number of carbonyl (C=O) groups is 1. The molecule has 2 N–H and O–H groups in total. The second-order valence-electron chi connectivity index (χ2n) is 4.49. The molecule has 0 radical (unpaired) electrons. The second-order valence-corrected chi connectivity index (χ2v) is 4.49. The molecule has 9 nitrogen and oxygen atoms in total. The molecule has 9 heteroatoms. The van der Waals surface area contributed by atoms with Crippen molar-refractivity contribution in [2.24, 2.45) is 0 Å². The standard InChI is InChI=1S/C11H14N8O/c20-10(15-11-13-5-6-14-17-11)9-7-19(18-16-9)8-1-3-12-4-2-8/h5-8,12H,1-4H2,(H,13,15,17,20). The fraction of sp³-hybridized carbons (Fsp3) is 0.455. The van der Waals surface area contributed by atoms with Crippen LogP contribution in [0.15, 0.2) is 18.6 Å². The van der Waals surface area contributed by atoms with E-state index in [1.165, 1.54) is 12.4 Å². The molecule has 2 aromatic rings. The van der Waals surface area contributed by atoms with E-state index in [4.69, 9.17) is 0 Å². The highest BCUT2D eigenvalue weighted by Gasteiger charge is 2.19. The summed E-state index contributed by atoms with van der Waals surface area (Å²) < 4.78 is 1.75. The predicted octanol–water partition coefficient (Wildman–Crippen LogP) is -0.360. The van der Waals surface area contributed by atoms with Crippen LogP contribution in [-0.2, 0) is 0 Å². The van der Waals surface area contributed by atoms with Gasteiger partial charge in [0.1, 0.15) is 0 Å². The van der Waals surface area contributed by atoms with Crippen molar-refractivity contribution in [3.05, 3.63) is 24.3 Å². The maximum atomic E-state index is 12.0. The molecule has 1 saturated heterocycles. The summed E-state index contributed by atoms with van der Waals surface area (Å²) >= 11 is 0. The van der Waals surface area contributed by atoms with E-state index in [0.717, 1.165) is 25.9 Å². The van der Waals surface area contributed by atoms with E-state index in [1.807, 2.05) is 0 Å². The highest BCUT2D eigenvalue weighted by molar-refractivity contribution is 6.01. The lowest BCUT2D eigenvalue weighted by atomic mass is 10.1. The van der Waals surface area contributed by atoms with Crippen LogP contribution >= 0.6 is 0 Å². The lowest BCUT2D eigenvalue weighted by Gasteiger charge is -2.21. The summed E-state index contributed by atoms with van der Waals surface area (Å²) in [6, 6.07) is 0.292. The van der Waals surface area contributed by atoms with Crippen molar-refractivity contribution in [2.75, 3.05) is 18.4 Å². The molecule has 2 aromatic heterocycles. The highest BCUT2D eigenvalue weighted by atomic mass is 16.2. The van der Waals surface area contributed by atoms with Crippen molar-refractivity contribution >= 4 is 11.9 Å². The number of nitrogens with zero attached hydrogens (tertiary/aromatic N) is 6. The van der Waals surface area contributed by atoms with Crippen molar-refractivity contribution in [2.45, 2.75) is 18.9 Å². The zero-order chi connectivity index (χ0) is 13.8. The van der Waals surface area contributed by atoms with Crippen LogP contribution in [0.4, 0.5) is 5.95 Å². The van der Waals surface area contributed by atoms with E-state index in [2.05, 4.69) is 36.1 Å². The molecule has 104 valence electrons. The number of amides is 1. The van der Waals surface area contributed by atoms with Crippen LogP contribution in [0.25, 0.3) is 0 Å². The molecule has 0 saturated carbocycles.